The topological polar surface area (TPSA) is 61.4 Å². The van der Waals surface area contributed by atoms with Crippen molar-refractivity contribution in [2.45, 2.75) is 20.0 Å². The first-order valence-electron chi connectivity index (χ1n) is 5.54. The van der Waals surface area contributed by atoms with Crippen LogP contribution in [0.15, 0.2) is 30.5 Å². The monoisotopic (exact) mass is 234 g/mol. The van der Waals surface area contributed by atoms with Gasteiger partial charge in [-0.1, -0.05) is 24.3 Å². The molecule has 1 rings (SSSR count). The summed E-state index contributed by atoms with van der Waals surface area (Å²) in [6.07, 6.45) is 2.87. The molecule has 0 saturated heterocycles. The molecule has 0 bridgehead atoms. The van der Waals surface area contributed by atoms with Crippen molar-refractivity contribution in [2.75, 3.05) is 6.54 Å². The molecule has 0 heterocycles. The van der Waals surface area contributed by atoms with E-state index >= 15 is 0 Å². The normalized spacial score (nSPS) is 12.4. The summed E-state index contributed by atoms with van der Waals surface area (Å²) >= 11 is 0. The molecule has 0 saturated carbocycles. The molecule has 1 aromatic rings. The number of aliphatic hydroxyl groups excluding tert-OH is 1. The Morgan fingerprint density at radius 3 is 2.82 bits per heavy atom. The molecule has 2 amide bonds. The van der Waals surface area contributed by atoms with Crippen molar-refractivity contribution >= 4 is 12.1 Å². The van der Waals surface area contributed by atoms with Crippen LogP contribution in [0, 0.1) is 6.92 Å². The maximum absolute atomic E-state index is 11.2. The van der Waals surface area contributed by atoms with Gasteiger partial charge in [-0.15, -0.1) is 0 Å². The van der Waals surface area contributed by atoms with Crippen molar-refractivity contribution in [3.8, 4) is 0 Å². The lowest BCUT2D eigenvalue weighted by atomic mass is 10.1. The quantitative estimate of drug-likeness (QED) is 0.741. The Labute approximate surface area is 101 Å². The maximum Gasteiger partial charge on any atom is 0.318 e. The van der Waals surface area contributed by atoms with Gasteiger partial charge in [0.25, 0.3) is 0 Å². The van der Waals surface area contributed by atoms with E-state index in [9.17, 15) is 4.79 Å². The first-order chi connectivity index (χ1) is 8.09. The molecule has 0 aliphatic rings. The Kier molecular flexibility index (Phi) is 5.23. The third-order valence-electron chi connectivity index (χ3n) is 2.22. The van der Waals surface area contributed by atoms with Crippen LogP contribution in [0.5, 0.6) is 0 Å². The lowest BCUT2D eigenvalue weighted by molar-refractivity contribution is 0.188. The van der Waals surface area contributed by atoms with E-state index in [0.717, 1.165) is 11.1 Å². The first kappa shape index (κ1) is 13.3. The van der Waals surface area contributed by atoms with Gasteiger partial charge in [-0.3, -0.25) is 0 Å². The van der Waals surface area contributed by atoms with E-state index in [4.69, 9.17) is 5.11 Å². The fourth-order valence-electron chi connectivity index (χ4n) is 1.27. The molecule has 0 aliphatic heterocycles. The number of hydrogen-bond donors (Lipinski definition) is 3. The number of carbonyl (C=O) groups is 1. The largest absolute Gasteiger partial charge is 0.392 e. The van der Waals surface area contributed by atoms with Gasteiger partial charge >= 0.3 is 6.03 Å². The molecular formula is C13H18N2O2. The van der Waals surface area contributed by atoms with Gasteiger partial charge in [0.15, 0.2) is 0 Å². The molecule has 4 heteroatoms. The van der Waals surface area contributed by atoms with Gasteiger partial charge in [-0.25, -0.2) is 4.79 Å². The van der Waals surface area contributed by atoms with Crippen LogP contribution in [-0.4, -0.2) is 23.8 Å². The summed E-state index contributed by atoms with van der Waals surface area (Å²) in [5.74, 6) is 0. The van der Waals surface area contributed by atoms with Crippen molar-refractivity contribution in [1.29, 1.82) is 0 Å². The first-order valence-corrected chi connectivity index (χ1v) is 5.54. The number of aryl methyl sites for hydroxylation is 1. The summed E-state index contributed by atoms with van der Waals surface area (Å²) < 4.78 is 0. The zero-order chi connectivity index (χ0) is 12.7. The Bertz CT molecular complexity index is 400. The molecule has 4 nitrogen and oxygen atoms in total. The highest BCUT2D eigenvalue weighted by Crippen LogP contribution is 2.07. The Morgan fingerprint density at radius 1 is 1.47 bits per heavy atom. The molecular weight excluding hydrogens is 216 g/mol. The van der Waals surface area contributed by atoms with Gasteiger partial charge in [0.2, 0.25) is 0 Å². The highest BCUT2D eigenvalue weighted by molar-refractivity contribution is 5.76. The molecule has 0 radical (unpaired) electrons. The molecule has 0 spiro atoms. The number of urea groups is 1. The molecule has 3 N–H and O–H groups in total. The van der Waals surface area contributed by atoms with Crippen LogP contribution >= 0.6 is 0 Å². The molecule has 0 aromatic heterocycles. The Balaban J connectivity index is 2.40. The second-order valence-electron chi connectivity index (χ2n) is 3.89. The lowest BCUT2D eigenvalue weighted by Gasteiger charge is -2.06. The van der Waals surface area contributed by atoms with E-state index in [-0.39, 0.29) is 12.6 Å². The molecule has 0 fully saturated rings. The fourth-order valence-corrected chi connectivity index (χ4v) is 1.27. The average Bonchev–Trinajstić information content (AvgIpc) is 2.29. The van der Waals surface area contributed by atoms with E-state index in [1.807, 2.05) is 37.3 Å². The van der Waals surface area contributed by atoms with Gasteiger partial charge in [-0.05, 0) is 31.1 Å². The average molecular weight is 234 g/mol. The fraction of sp³-hybridized carbons (Fsp3) is 0.308. The molecule has 1 aromatic carbocycles. The van der Waals surface area contributed by atoms with Crippen LogP contribution in [0.25, 0.3) is 6.08 Å². The summed E-state index contributed by atoms with van der Waals surface area (Å²) in [4.78, 5) is 11.2. The van der Waals surface area contributed by atoms with E-state index in [1.54, 1.807) is 13.1 Å². The van der Waals surface area contributed by atoms with E-state index in [1.165, 1.54) is 0 Å². The second-order valence-corrected chi connectivity index (χ2v) is 3.89. The van der Waals surface area contributed by atoms with E-state index < -0.39 is 6.10 Å². The number of rotatable bonds is 4. The summed E-state index contributed by atoms with van der Waals surface area (Å²) in [6, 6.07) is 7.57. The second kappa shape index (κ2) is 6.70. The Morgan fingerprint density at radius 2 is 2.18 bits per heavy atom. The molecule has 1 unspecified atom stereocenters. The van der Waals surface area contributed by atoms with Gasteiger partial charge in [0.1, 0.15) is 0 Å². The lowest BCUT2D eigenvalue weighted by Crippen LogP contribution is -2.36. The van der Waals surface area contributed by atoms with Gasteiger partial charge in [-0.2, -0.15) is 0 Å². The molecule has 1 atom stereocenters. The van der Waals surface area contributed by atoms with Crippen LogP contribution < -0.4 is 10.6 Å². The zero-order valence-corrected chi connectivity index (χ0v) is 10.1. The van der Waals surface area contributed by atoms with Crippen LogP contribution in [0.4, 0.5) is 4.79 Å². The van der Waals surface area contributed by atoms with Crippen LogP contribution in [-0.2, 0) is 0 Å². The van der Waals surface area contributed by atoms with Crippen molar-refractivity contribution < 1.29 is 9.90 Å². The van der Waals surface area contributed by atoms with Crippen molar-refractivity contribution in [1.82, 2.24) is 10.6 Å². The Hall–Kier alpha value is -1.81. The summed E-state index contributed by atoms with van der Waals surface area (Å²) in [6.45, 7) is 3.86. The highest BCUT2D eigenvalue weighted by atomic mass is 16.3. The van der Waals surface area contributed by atoms with Crippen molar-refractivity contribution in [3.05, 3.63) is 41.6 Å². The van der Waals surface area contributed by atoms with Crippen LogP contribution in [0.3, 0.4) is 0 Å². The number of aliphatic hydroxyl groups is 1. The number of carbonyl (C=O) groups excluding carboxylic acids is 1. The molecule has 92 valence electrons. The third kappa shape index (κ3) is 5.17. The van der Waals surface area contributed by atoms with Gasteiger partial charge in [0.05, 0.1) is 6.10 Å². The van der Waals surface area contributed by atoms with E-state index in [0.29, 0.717) is 0 Å². The minimum atomic E-state index is -0.541. The standard InChI is InChI=1S/C13H18N2O2/c1-10-5-3-4-6-12(10)7-8-14-13(17)15-9-11(2)16/h3-8,11,16H,9H2,1-2H3,(H2,14,15,17)/b8-7+. The van der Waals surface area contributed by atoms with Gasteiger partial charge in [0, 0.05) is 12.7 Å². The number of nitrogens with one attached hydrogen (secondary N) is 2. The van der Waals surface area contributed by atoms with Crippen LogP contribution in [0.2, 0.25) is 0 Å². The predicted molar refractivity (Wildman–Crippen MR) is 68.4 cm³/mol. The predicted octanol–water partition coefficient (Wildman–Crippen LogP) is 1.65. The maximum atomic E-state index is 11.2. The third-order valence-corrected chi connectivity index (χ3v) is 2.22. The minimum absolute atomic E-state index is 0.240. The summed E-state index contributed by atoms with van der Waals surface area (Å²) in [5, 5.41) is 14.1. The van der Waals surface area contributed by atoms with Crippen molar-refractivity contribution in [3.63, 3.8) is 0 Å². The minimum Gasteiger partial charge on any atom is -0.392 e. The number of hydrogen-bond acceptors (Lipinski definition) is 2. The van der Waals surface area contributed by atoms with Gasteiger partial charge < -0.3 is 15.7 Å². The zero-order valence-electron chi connectivity index (χ0n) is 10.1. The summed E-state index contributed by atoms with van der Waals surface area (Å²) in [5.41, 5.74) is 2.21. The van der Waals surface area contributed by atoms with Crippen LogP contribution in [0.1, 0.15) is 18.1 Å². The highest BCUT2D eigenvalue weighted by Gasteiger charge is 1.99. The van der Waals surface area contributed by atoms with Crippen molar-refractivity contribution in [2.24, 2.45) is 0 Å². The molecule has 17 heavy (non-hydrogen) atoms. The summed E-state index contributed by atoms with van der Waals surface area (Å²) in [7, 11) is 0. The van der Waals surface area contributed by atoms with E-state index in [2.05, 4.69) is 10.6 Å². The smallest absolute Gasteiger partial charge is 0.318 e. The SMILES string of the molecule is Cc1ccccc1/C=C/NC(=O)NCC(C)O. The number of benzene rings is 1. The molecule has 0 aliphatic carbocycles. The number of amides is 2.